The van der Waals surface area contributed by atoms with E-state index < -0.39 is 0 Å². The van der Waals surface area contributed by atoms with Gasteiger partial charge in [0.2, 0.25) is 0 Å². The van der Waals surface area contributed by atoms with Gasteiger partial charge in [0.1, 0.15) is 12.0 Å². The van der Waals surface area contributed by atoms with E-state index in [1.165, 1.54) is 11.8 Å². The number of hydrogen-bond donors (Lipinski definition) is 1. The summed E-state index contributed by atoms with van der Waals surface area (Å²) in [6.45, 7) is 0.795. The maximum atomic E-state index is 8.95. The van der Waals surface area contributed by atoms with E-state index in [0.717, 1.165) is 18.7 Å². The Hall–Kier alpha value is -1.81. The summed E-state index contributed by atoms with van der Waals surface area (Å²) in [6, 6.07) is 8.79. The van der Waals surface area contributed by atoms with Crippen molar-refractivity contribution in [1.82, 2.24) is 4.98 Å². The van der Waals surface area contributed by atoms with E-state index in [4.69, 9.17) is 9.52 Å². The number of nitrogens with zero attached hydrogens (tertiary/aromatic N) is 2. The molecule has 0 fully saturated rings. The molecular formula is C12H12N2O2. The van der Waals surface area contributed by atoms with E-state index in [1.807, 2.05) is 17.0 Å². The largest absolute Gasteiger partial charge is 0.431 e. The van der Waals surface area contributed by atoms with Crippen LogP contribution in [0.3, 0.4) is 0 Å². The second kappa shape index (κ2) is 3.64. The minimum atomic E-state index is -0.0843. The molecule has 0 atom stereocenters. The summed E-state index contributed by atoms with van der Waals surface area (Å²) in [4.78, 5) is 6.26. The molecule has 4 heteroatoms. The fourth-order valence-electron chi connectivity index (χ4n) is 2.03. The van der Waals surface area contributed by atoms with Crippen molar-refractivity contribution in [2.24, 2.45) is 0 Å². The highest BCUT2D eigenvalue weighted by Gasteiger charge is 2.23. The van der Waals surface area contributed by atoms with Crippen LogP contribution >= 0.6 is 0 Å². The first kappa shape index (κ1) is 9.42. The Balaban J connectivity index is 1.98. The van der Waals surface area contributed by atoms with Crippen molar-refractivity contribution in [2.75, 3.05) is 11.4 Å². The smallest absolute Gasteiger partial charge is 0.302 e. The molecule has 1 aromatic carbocycles. The van der Waals surface area contributed by atoms with Crippen LogP contribution in [0, 0.1) is 0 Å². The zero-order valence-electron chi connectivity index (χ0n) is 8.76. The number of anilines is 2. The van der Waals surface area contributed by atoms with Crippen molar-refractivity contribution in [3.8, 4) is 0 Å². The van der Waals surface area contributed by atoms with Crippen molar-refractivity contribution in [3.05, 3.63) is 41.8 Å². The minimum Gasteiger partial charge on any atom is -0.431 e. The van der Waals surface area contributed by atoms with Crippen LogP contribution in [0.5, 0.6) is 0 Å². The van der Waals surface area contributed by atoms with E-state index in [-0.39, 0.29) is 6.61 Å². The van der Waals surface area contributed by atoms with Gasteiger partial charge in [-0.15, -0.1) is 0 Å². The average molecular weight is 216 g/mol. The summed E-state index contributed by atoms with van der Waals surface area (Å²) >= 11 is 0. The number of oxazole rings is 1. The fourth-order valence-corrected chi connectivity index (χ4v) is 2.03. The van der Waals surface area contributed by atoms with E-state index in [2.05, 4.69) is 17.1 Å². The Morgan fingerprint density at radius 1 is 1.38 bits per heavy atom. The molecule has 2 aromatic rings. The summed E-state index contributed by atoms with van der Waals surface area (Å²) in [5, 5.41) is 8.95. The number of rotatable bonds is 2. The Morgan fingerprint density at radius 3 is 3.06 bits per heavy atom. The third kappa shape index (κ3) is 1.39. The Kier molecular flexibility index (Phi) is 2.15. The summed E-state index contributed by atoms with van der Waals surface area (Å²) in [5.41, 5.74) is 3.03. The molecular weight excluding hydrogens is 204 g/mol. The lowest BCUT2D eigenvalue weighted by Gasteiger charge is -2.13. The van der Waals surface area contributed by atoms with Crippen LogP contribution < -0.4 is 4.90 Å². The van der Waals surface area contributed by atoms with Crippen LogP contribution in [0.4, 0.5) is 11.7 Å². The van der Waals surface area contributed by atoms with Gasteiger partial charge in [-0.2, -0.15) is 4.98 Å². The molecule has 0 spiro atoms. The summed E-state index contributed by atoms with van der Waals surface area (Å²) in [5.74, 6) is 0. The maximum absolute atomic E-state index is 8.95. The number of aliphatic hydroxyl groups is 1. The van der Waals surface area contributed by atoms with Gasteiger partial charge in [-0.1, -0.05) is 18.2 Å². The van der Waals surface area contributed by atoms with E-state index >= 15 is 0 Å². The van der Waals surface area contributed by atoms with Crippen molar-refractivity contribution in [3.63, 3.8) is 0 Å². The zero-order valence-corrected chi connectivity index (χ0v) is 8.76. The SMILES string of the molecule is OCc1coc(N2CCc3ccccc32)n1. The third-order valence-corrected chi connectivity index (χ3v) is 2.82. The molecule has 82 valence electrons. The molecule has 0 bridgehead atoms. The van der Waals surface area contributed by atoms with Gasteiger partial charge in [-0.3, -0.25) is 4.90 Å². The number of aromatic nitrogens is 1. The number of para-hydroxylation sites is 1. The Bertz CT molecular complexity index is 507. The molecule has 4 nitrogen and oxygen atoms in total. The van der Waals surface area contributed by atoms with Crippen LogP contribution in [0.1, 0.15) is 11.3 Å². The maximum Gasteiger partial charge on any atom is 0.302 e. The molecule has 3 rings (SSSR count). The molecule has 16 heavy (non-hydrogen) atoms. The number of fused-ring (bicyclic) bond motifs is 1. The predicted molar refractivity (Wildman–Crippen MR) is 59.6 cm³/mol. The molecule has 1 aliphatic rings. The highest BCUT2D eigenvalue weighted by Crippen LogP contribution is 2.33. The van der Waals surface area contributed by atoms with Crippen molar-refractivity contribution >= 4 is 11.7 Å². The predicted octanol–water partition coefficient (Wildman–Crippen LogP) is 1.86. The monoisotopic (exact) mass is 216 g/mol. The topological polar surface area (TPSA) is 49.5 Å². The molecule has 0 saturated heterocycles. The average Bonchev–Trinajstić information content (AvgIpc) is 2.94. The standard InChI is InChI=1S/C12H12N2O2/c15-7-10-8-16-12(13-10)14-6-5-9-3-1-2-4-11(9)14/h1-4,8,15H,5-7H2. The third-order valence-electron chi connectivity index (χ3n) is 2.82. The molecule has 0 radical (unpaired) electrons. The molecule has 1 aromatic heterocycles. The Morgan fingerprint density at radius 2 is 2.25 bits per heavy atom. The summed E-state index contributed by atoms with van der Waals surface area (Å²) in [6.07, 6.45) is 2.50. The van der Waals surface area contributed by atoms with Gasteiger partial charge < -0.3 is 9.52 Å². The highest BCUT2D eigenvalue weighted by molar-refractivity contribution is 5.64. The number of aliphatic hydroxyl groups excluding tert-OH is 1. The van der Waals surface area contributed by atoms with Crippen LogP contribution in [-0.4, -0.2) is 16.6 Å². The van der Waals surface area contributed by atoms with Gasteiger partial charge in [0.25, 0.3) is 0 Å². The highest BCUT2D eigenvalue weighted by atomic mass is 16.4. The van der Waals surface area contributed by atoms with Crippen LogP contribution in [0.25, 0.3) is 0 Å². The first-order chi connectivity index (χ1) is 7.88. The summed E-state index contributed by atoms with van der Waals surface area (Å²) in [7, 11) is 0. The van der Waals surface area contributed by atoms with Gasteiger partial charge in [0, 0.05) is 12.2 Å². The van der Waals surface area contributed by atoms with Crippen molar-refractivity contribution in [1.29, 1.82) is 0 Å². The van der Waals surface area contributed by atoms with Crippen molar-refractivity contribution < 1.29 is 9.52 Å². The second-order valence-electron chi connectivity index (χ2n) is 3.81. The first-order valence-corrected chi connectivity index (χ1v) is 5.29. The number of hydrogen-bond acceptors (Lipinski definition) is 4. The van der Waals surface area contributed by atoms with E-state index in [0.29, 0.717) is 11.7 Å². The molecule has 2 heterocycles. The first-order valence-electron chi connectivity index (χ1n) is 5.29. The molecule has 0 saturated carbocycles. The molecule has 1 N–H and O–H groups in total. The second-order valence-corrected chi connectivity index (χ2v) is 3.81. The lowest BCUT2D eigenvalue weighted by atomic mass is 10.2. The zero-order chi connectivity index (χ0) is 11.0. The van der Waals surface area contributed by atoms with E-state index in [1.54, 1.807) is 0 Å². The minimum absolute atomic E-state index is 0.0843. The fraction of sp³-hybridized carbons (Fsp3) is 0.250. The van der Waals surface area contributed by atoms with Gasteiger partial charge in [-0.25, -0.2) is 0 Å². The summed E-state index contributed by atoms with van der Waals surface area (Å²) < 4.78 is 5.35. The normalized spacial score (nSPS) is 14.2. The Labute approximate surface area is 93.1 Å². The molecule has 0 amide bonds. The van der Waals surface area contributed by atoms with Crippen molar-refractivity contribution in [2.45, 2.75) is 13.0 Å². The molecule has 1 aliphatic heterocycles. The lowest BCUT2D eigenvalue weighted by molar-refractivity contribution is 0.276. The van der Waals surface area contributed by atoms with Crippen LogP contribution in [-0.2, 0) is 13.0 Å². The van der Waals surface area contributed by atoms with Gasteiger partial charge in [-0.05, 0) is 18.1 Å². The van der Waals surface area contributed by atoms with Crippen LogP contribution in [0.2, 0.25) is 0 Å². The van der Waals surface area contributed by atoms with Gasteiger partial charge in [0.15, 0.2) is 0 Å². The van der Waals surface area contributed by atoms with Gasteiger partial charge in [0.05, 0.1) is 6.61 Å². The molecule has 0 unspecified atom stereocenters. The van der Waals surface area contributed by atoms with Gasteiger partial charge >= 0.3 is 6.01 Å². The van der Waals surface area contributed by atoms with Crippen LogP contribution in [0.15, 0.2) is 34.9 Å². The van der Waals surface area contributed by atoms with E-state index in [9.17, 15) is 0 Å². The number of benzene rings is 1. The molecule has 0 aliphatic carbocycles. The lowest BCUT2D eigenvalue weighted by Crippen LogP contribution is -2.13. The quantitative estimate of drug-likeness (QED) is 0.832.